The Bertz CT molecular complexity index is 522. The summed E-state index contributed by atoms with van der Waals surface area (Å²) < 4.78 is 15.5. The summed E-state index contributed by atoms with van der Waals surface area (Å²) in [4.78, 5) is 4.37. The van der Waals surface area contributed by atoms with E-state index in [9.17, 15) is 4.39 Å². The Morgan fingerprint density at radius 2 is 2.00 bits per heavy atom. The standard InChI is InChI=1S/C12H12BrFN2O/c1-16-10(6-7-17)11(13)15-12(16)8-2-4-9(14)5-3-8/h2-5,17H,6-7H2,1H3. The van der Waals surface area contributed by atoms with E-state index in [1.165, 1.54) is 12.1 Å². The third kappa shape index (κ3) is 2.40. The van der Waals surface area contributed by atoms with Crippen LogP contribution in [0, 0.1) is 5.82 Å². The molecule has 90 valence electrons. The fourth-order valence-corrected chi connectivity index (χ4v) is 2.36. The van der Waals surface area contributed by atoms with Crippen molar-refractivity contribution in [3.63, 3.8) is 0 Å². The molecule has 2 rings (SSSR count). The summed E-state index contributed by atoms with van der Waals surface area (Å²) >= 11 is 3.36. The lowest BCUT2D eigenvalue weighted by molar-refractivity contribution is 0.296. The molecule has 0 saturated heterocycles. The first-order valence-corrected chi connectivity index (χ1v) is 6.00. The van der Waals surface area contributed by atoms with Crippen LogP contribution in [0.15, 0.2) is 28.9 Å². The molecule has 0 spiro atoms. The zero-order valence-electron chi connectivity index (χ0n) is 9.32. The van der Waals surface area contributed by atoms with Crippen molar-refractivity contribution < 1.29 is 9.50 Å². The van der Waals surface area contributed by atoms with E-state index in [4.69, 9.17) is 5.11 Å². The van der Waals surface area contributed by atoms with E-state index in [-0.39, 0.29) is 12.4 Å². The summed E-state index contributed by atoms with van der Waals surface area (Å²) in [5.41, 5.74) is 1.77. The average molecular weight is 299 g/mol. The SMILES string of the molecule is Cn1c(-c2ccc(F)cc2)nc(Br)c1CCO. The maximum absolute atomic E-state index is 12.8. The molecule has 0 radical (unpaired) electrons. The highest BCUT2D eigenvalue weighted by Gasteiger charge is 2.13. The molecule has 0 saturated carbocycles. The lowest BCUT2D eigenvalue weighted by atomic mass is 10.2. The van der Waals surface area contributed by atoms with Crippen LogP contribution in [0.25, 0.3) is 11.4 Å². The van der Waals surface area contributed by atoms with Gasteiger partial charge in [0, 0.05) is 25.6 Å². The molecule has 0 aliphatic carbocycles. The monoisotopic (exact) mass is 298 g/mol. The molecule has 1 aromatic heterocycles. The molecule has 0 amide bonds. The molecule has 2 aromatic rings. The third-order valence-electron chi connectivity index (χ3n) is 2.62. The number of aliphatic hydroxyl groups is 1. The number of hydrogen-bond acceptors (Lipinski definition) is 2. The van der Waals surface area contributed by atoms with Crippen LogP contribution in [0.4, 0.5) is 4.39 Å². The third-order valence-corrected chi connectivity index (χ3v) is 3.25. The molecule has 0 aliphatic rings. The predicted octanol–water partition coefficient (Wildman–Crippen LogP) is 2.52. The minimum Gasteiger partial charge on any atom is -0.396 e. The summed E-state index contributed by atoms with van der Waals surface area (Å²) in [5, 5.41) is 8.97. The van der Waals surface area contributed by atoms with Crippen LogP contribution in [0.1, 0.15) is 5.69 Å². The summed E-state index contributed by atoms with van der Waals surface area (Å²) in [5.74, 6) is 0.484. The number of halogens is 2. The Hall–Kier alpha value is -1.20. The first-order valence-electron chi connectivity index (χ1n) is 5.21. The first-order chi connectivity index (χ1) is 8.13. The van der Waals surface area contributed by atoms with Crippen LogP contribution in [-0.2, 0) is 13.5 Å². The summed E-state index contributed by atoms with van der Waals surface area (Å²) in [7, 11) is 1.88. The highest BCUT2D eigenvalue weighted by molar-refractivity contribution is 9.10. The van der Waals surface area contributed by atoms with E-state index < -0.39 is 0 Å². The van der Waals surface area contributed by atoms with Gasteiger partial charge in [-0.15, -0.1) is 0 Å². The molecule has 17 heavy (non-hydrogen) atoms. The quantitative estimate of drug-likeness (QED) is 0.945. The molecule has 1 N–H and O–H groups in total. The zero-order valence-corrected chi connectivity index (χ0v) is 10.9. The normalized spacial score (nSPS) is 10.8. The van der Waals surface area contributed by atoms with Crippen molar-refractivity contribution in [2.45, 2.75) is 6.42 Å². The van der Waals surface area contributed by atoms with Crippen molar-refractivity contribution in [2.75, 3.05) is 6.61 Å². The molecule has 1 aromatic carbocycles. The second-order valence-electron chi connectivity index (χ2n) is 3.71. The highest BCUT2D eigenvalue weighted by Crippen LogP contribution is 2.25. The van der Waals surface area contributed by atoms with Crippen LogP contribution < -0.4 is 0 Å². The smallest absolute Gasteiger partial charge is 0.141 e. The Morgan fingerprint density at radius 3 is 2.59 bits per heavy atom. The fourth-order valence-electron chi connectivity index (χ4n) is 1.73. The Balaban J connectivity index is 2.46. The molecular formula is C12H12BrFN2O. The van der Waals surface area contributed by atoms with Crippen molar-refractivity contribution >= 4 is 15.9 Å². The van der Waals surface area contributed by atoms with E-state index in [0.29, 0.717) is 11.0 Å². The van der Waals surface area contributed by atoms with Crippen LogP contribution in [0.3, 0.4) is 0 Å². The number of aliphatic hydroxyl groups excluding tert-OH is 1. The second-order valence-corrected chi connectivity index (χ2v) is 4.46. The molecule has 0 fully saturated rings. The van der Waals surface area contributed by atoms with E-state index in [1.54, 1.807) is 12.1 Å². The zero-order chi connectivity index (χ0) is 12.4. The molecule has 0 unspecified atom stereocenters. The van der Waals surface area contributed by atoms with Crippen molar-refractivity contribution in [1.82, 2.24) is 9.55 Å². The maximum Gasteiger partial charge on any atom is 0.141 e. The number of aromatic nitrogens is 2. The van der Waals surface area contributed by atoms with Gasteiger partial charge in [0.05, 0.1) is 5.69 Å². The number of nitrogens with zero attached hydrogens (tertiary/aromatic N) is 2. The van der Waals surface area contributed by atoms with Gasteiger partial charge in [-0.25, -0.2) is 9.37 Å². The van der Waals surface area contributed by atoms with Crippen molar-refractivity contribution in [3.8, 4) is 11.4 Å². The minimum absolute atomic E-state index is 0.0704. The second kappa shape index (κ2) is 4.98. The van der Waals surface area contributed by atoms with Crippen LogP contribution in [0.5, 0.6) is 0 Å². The Labute approximate surface area is 107 Å². The van der Waals surface area contributed by atoms with Gasteiger partial charge in [-0.1, -0.05) is 0 Å². The lowest BCUT2D eigenvalue weighted by Gasteiger charge is -2.04. The van der Waals surface area contributed by atoms with Gasteiger partial charge in [0.1, 0.15) is 16.2 Å². The summed E-state index contributed by atoms with van der Waals surface area (Å²) in [6.45, 7) is 0.0704. The Morgan fingerprint density at radius 1 is 1.35 bits per heavy atom. The van der Waals surface area contributed by atoms with Crippen molar-refractivity contribution in [2.24, 2.45) is 7.05 Å². The van der Waals surface area contributed by atoms with Gasteiger partial charge in [-0.3, -0.25) is 0 Å². The molecule has 5 heteroatoms. The van der Waals surface area contributed by atoms with Gasteiger partial charge in [0.25, 0.3) is 0 Å². The van der Waals surface area contributed by atoms with Crippen LogP contribution >= 0.6 is 15.9 Å². The summed E-state index contributed by atoms with van der Waals surface area (Å²) in [6.07, 6.45) is 0.533. The van der Waals surface area contributed by atoms with Crippen molar-refractivity contribution in [1.29, 1.82) is 0 Å². The molecule has 0 aliphatic heterocycles. The fraction of sp³-hybridized carbons (Fsp3) is 0.250. The maximum atomic E-state index is 12.8. The molecule has 3 nitrogen and oxygen atoms in total. The van der Waals surface area contributed by atoms with E-state index >= 15 is 0 Å². The van der Waals surface area contributed by atoms with Gasteiger partial charge < -0.3 is 9.67 Å². The topological polar surface area (TPSA) is 38.0 Å². The minimum atomic E-state index is -0.266. The van der Waals surface area contributed by atoms with Gasteiger partial charge in [-0.2, -0.15) is 0 Å². The molecule has 0 bridgehead atoms. The average Bonchev–Trinajstić information content (AvgIpc) is 2.59. The number of benzene rings is 1. The predicted molar refractivity (Wildman–Crippen MR) is 67.1 cm³/mol. The van der Waals surface area contributed by atoms with Crippen molar-refractivity contribution in [3.05, 3.63) is 40.4 Å². The summed E-state index contributed by atoms with van der Waals surface area (Å²) in [6, 6.07) is 6.19. The van der Waals surface area contributed by atoms with Gasteiger partial charge in [0.2, 0.25) is 0 Å². The van der Waals surface area contributed by atoms with Crippen LogP contribution in [0.2, 0.25) is 0 Å². The highest BCUT2D eigenvalue weighted by atomic mass is 79.9. The largest absolute Gasteiger partial charge is 0.396 e. The van der Waals surface area contributed by atoms with E-state index in [2.05, 4.69) is 20.9 Å². The van der Waals surface area contributed by atoms with Gasteiger partial charge >= 0.3 is 0 Å². The van der Waals surface area contributed by atoms with E-state index in [0.717, 1.165) is 17.1 Å². The molecule has 0 atom stereocenters. The first kappa shape index (κ1) is 12.3. The number of rotatable bonds is 3. The van der Waals surface area contributed by atoms with Crippen LogP contribution in [-0.4, -0.2) is 21.3 Å². The van der Waals surface area contributed by atoms with E-state index in [1.807, 2.05) is 11.6 Å². The molecular weight excluding hydrogens is 287 g/mol. The lowest BCUT2D eigenvalue weighted by Crippen LogP contribution is -2.01. The molecule has 1 heterocycles. The van der Waals surface area contributed by atoms with Gasteiger partial charge in [-0.05, 0) is 40.2 Å². The Kier molecular flexibility index (Phi) is 3.59. The number of imidazole rings is 1. The van der Waals surface area contributed by atoms with Gasteiger partial charge in [0.15, 0.2) is 0 Å². The number of hydrogen-bond donors (Lipinski definition) is 1.